The Balaban J connectivity index is 1.91. The molecule has 0 bridgehead atoms. The molecule has 1 saturated heterocycles. The molecule has 1 aliphatic heterocycles. The lowest BCUT2D eigenvalue weighted by Crippen LogP contribution is -2.35. The lowest BCUT2D eigenvalue weighted by molar-refractivity contribution is 0.0940. The third kappa shape index (κ3) is 4.66. The maximum absolute atomic E-state index is 12.0. The topological polar surface area (TPSA) is 101 Å². The van der Waals surface area contributed by atoms with Gasteiger partial charge in [-0.25, -0.2) is 18.4 Å². The van der Waals surface area contributed by atoms with Gasteiger partial charge in [0.25, 0.3) is 5.91 Å². The molecule has 8 heteroatoms. The Bertz CT molecular complexity index is 598. The Morgan fingerprint density at radius 1 is 1.38 bits per heavy atom. The molecule has 21 heavy (non-hydrogen) atoms. The summed E-state index contributed by atoms with van der Waals surface area (Å²) >= 11 is 0. The highest BCUT2D eigenvalue weighted by Crippen LogP contribution is 2.12. The average Bonchev–Trinajstić information content (AvgIpc) is 2.76. The van der Waals surface area contributed by atoms with Crippen LogP contribution in [0, 0.1) is 5.92 Å². The fourth-order valence-corrected chi connectivity index (χ4v) is 3.68. The second-order valence-corrected chi connectivity index (χ2v) is 7.87. The number of carbonyl (C=O) groups is 1. The number of nitrogens with one attached hydrogen (secondary N) is 2. The van der Waals surface area contributed by atoms with Crippen molar-refractivity contribution in [2.45, 2.75) is 26.3 Å². The largest absolute Gasteiger partial charge is 0.354 e. The quantitative estimate of drug-likeness (QED) is 0.819. The highest BCUT2D eigenvalue weighted by atomic mass is 32.2. The fraction of sp³-hybridized carbons (Fsp3) is 0.615. The monoisotopic (exact) mass is 312 g/mol. The van der Waals surface area contributed by atoms with Crippen LogP contribution in [0.25, 0.3) is 0 Å². The molecule has 1 aromatic rings. The molecule has 0 saturated carbocycles. The molecule has 1 aliphatic rings. The van der Waals surface area contributed by atoms with Crippen molar-refractivity contribution in [1.29, 1.82) is 0 Å². The molecule has 2 N–H and O–H groups in total. The summed E-state index contributed by atoms with van der Waals surface area (Å²) in [6, 6.07) is -0.318. The SMILES string of the molecule is CC(C)CNc1ncc(C(=O)NC2CCS(=O)(=O)C2)cn1. The number of nitrogens with zero attached hydrogens (tertiary/aromatic N) is 2. The van der Waals surface area contributed by atoms with Crippen LogP contribution in [0.15, 0.2) is 12.4 Å². The summed E-state index contributed by atoms with van der Waals surface area (Å²) in [5.74, 6) is 0.747. The van der Waals surface area contributed by atoms with Crippen LogP contribution < -0.4 is 10.6 Å². The number of hydrogen-bond donors (Lipinski definition) is 2. The highest BCUT2D eigenvalue weighted by Gasteiger charge is 2.29. The van der Waals surface area contributed by atoms with Gasteiger partial charge in [-0.3, -0.25) is 4.79 Å². The van der Waals surface area contributed by atoms with Crippen molar-refractivity contribution >= 4 is 21.7 Å². The maximum Gasteiger partial charge on any atom is 0.254 e. The van der Waals surface area contributed by atoms with E-state index < -0.39 is 9.84 Å². The molecule has 7 nitrogen and oxygen atoms in total. The minimum Gasteiger partial charge on any atom is -0.354 e. The Kier molecular flexibility index (Phi) is 4.76. The van der Waals surface area contributed by atoms with Crippen LogP contribution in [0.3, 0.4) is 0 Å². The van der Waals surface area contributed by atoms with E-state index in [4.69, 9.17) is 0 Å². The normalized spacial score (nSPS) is 20.4. The summed E-state index contributed by atoms with van der Waals surface area (Å²) in [4.78, 5) is 20.1. The van der Waals surface area contributed by atoms with E-state index in [-0.39, 0.29) is 23.5 Å². The van der Waals surface area contributed by atoms with Crippen molar-refractivity contribution in [2.24, 2.45) is 5.92 Å². The van der Waals surface area contributed by atoms with Crippen LogP contribution in [-0.4, -0.2) is 48.4 Å². The van der Waals surface area contributed by atoms with Crippen LogP contribution in [0.1, 0.15) is 30.6 Å². The Morgan fingerprint density at radius 3 is 2.57 bits per heavy atom. The average molecular weight is 312 g/mol. The number of anilines is 1. The van der Waals surface area contributed by atoms with Gasteiger partial charge in [0.15, 0.2) is 9.84 Å². The first-order valence-corrected chi connectivity index (χ1v) is 8.75. The van der Waals surface area contributed by atoms with Crippen molar-refractivity contribution in [3.63, 3.8) is 0 Å². The molecular formula is C13H20N4O3S. The van der Waals surface area contributed by atoms with Crippen molar-refractivity contribution in [3.05, 3.63) is 18.0 Å². The fourth-order valence-electron chi connectivity index (χ4n) is 2.01. The third-order valence-corrected chi connectivity index (χ3v) is 4.92. The molecule has 0 spiro atoms. The summed E-state index contributed by atoms with van der Waals surface area (Å²) in [6.45, 7) is 4.90. The molecule has 2 heterocycles. The van der Waals surface area contributed by atoms with Gasteiger partial charge in [-0.2, -0.15) is 0 Å². The van der Waals surface area contributed by atoms with Crippen LogP contribution in [0.4, 0.5) is 5.95 Å². The first-order chi connectivity index (χ1) is 9.85. The second-order valence-electron chi connectivity index (χ2n) is 5.64. The number of aromatic nitrogens is 2. The third-order valence-electron chi connectivity index (χ3n) is 3.15. The van der Waals surface area contributed by atoms with Gasteiger partial charge in [-0.1, -0.05) is 13.8 Å². The smallest absolute Gasteiger partial charge is 0.254 e. The molecule has 1 amide bonds. The summed E-state index contributed by atoms with van der Waals surface area (Å²) in [7, 11) is -3.00. The maximum atomic E-state index is 12.0. The van der Waals surface area contributed by atoms with E-state index in [0.717, 1.165) is 6.54 Å². The van der Waals surface area contributed by atoms with Gasteiger partial charge in [-0.05, 0) is 12.3 Å². The van der Waals surface area contributed by atoms with E-state index in [1.165, 1.54) is 12.4 Å². The number of sulfone groups is 1. The molecule has 1 aromatic heterocycles. The van der Waals surface area contributed by atoms with Gasteiger partial charge in [0.1, 0.15) is 0 Å². The molecule has 0 aromatic carbocycles. The lowest BCUT2D eigenvalue weighted by Gasteiger charge is -2.11. The van der Waals surface area contributed by atoms with Gasteiger partial charge in [-0.15, -0.1) is 0 Å². The second kappa shape index (κ2) is 6.38. The molecular weight excluding hydrogens is 292 g/mol. The Morgan fingerprint density at radius 2 is 2.05 bits per heavy atom. The van der Waals surface area contributed by atoms with Crippen molar-refractivity contribution in [1.82, 2.24) is 15.3 Å². The molecule has 1 fully saturated rings. The van der Waals surface area contributed by atoms with Gasteiger partial charge < -0.3 is 10.6 Å². The first-order valence-electron chi connectivity index (χ1n) is 6.93. The van der Waals surface area contributed by atoms with Crippen LogP contribution in [0.2, 0.25) is 0 Å². The summed E-state index contributed by atoms with van der Waals surface area (Å²) in [5.41, 5.74) is 0.328. The van der Waals surface area contributed by atoms with E-state index in [1.807, 2.05) is 0 Å². The summed E-state index contributed by atoms with van der Waals surface area (Å²) in [5, 5.41) is 5.76. The van der Waals surface area contributed by atoms with Gasteiger partial charge in [0.2, 0.25) is 5.95 Å². The van der Waals surface area contributed by atoms with E-state index in [0.29, 0.717) is 23.9 Å². The summed E-state index contributed by atoms with van der Waals surface area (Å²) < 4.78 is 22.7. The minimum absolute atomic E-state index is 0.00756. The van der Waals surface area contributed by atoms with Crippen molar-refractivity contribution in [3.8, 4) is 0 Å². The van der Waals surface area contributed by atoms with E-state index >= 15 is 0 Å². The van der Waals surface area contributed by atoms with E-state index in [2.05, 4.69) is 34.4 Å². The lowest BCUT2D eigenvalue weighted by atomic mass is 10.2. The Labute approximate surface area is 124 Å². The van der Waals surface area contributed by atoms with E-state index in [9.17, 15) is 13.2 Å². The van der Waals surface area contributed by atoms with Gasteiger partial charge in [0.05, 0.1) is 17.1 Å². The summed E-state index contributed by atoms with van der Waals surface area (Å²) in [6.07, 6.45) is 3.34. The zero-order chi connectivity index (χ0) is 15.5. The van der Waals surface area contributed by atoms with Crippen LogP contribution in [-0.2, 0) is 9.84 Å². The van der Waals surface area contributed by atoms with Crippen LogP contribution in [0.5, 0.6) is 0 Å². The van der Waals surface area contributed by atoms with E-state index in [1.54, 1.807) is 0 Å². The van der Waals surface area contributed by atoms with Crippen molar-refractivity contribution in [2.75, 3.05) is 23.4 Å². The molecule has 116 valence electrons. The highest BCUT2D eigenvalue weighted by molar-refractivity contribution is 7.91. The zero-order valence-corrected chi connectivity index (χ0v) is 13.0. The number of amides is 1. The zero-order valence-electron chi connectivity index (χ0n) is 12.2. The van der Waals surface area contributed by atoms with Gasteiger partial charge >= 0.3 is 0 Å². The number of rotatable bonds is 5. The predicted octanol–water partition coefficient (Wildman–Crippen LogP) is 0.461. The first kappa shape index (κ1) is 15.7. The minimum atomic E-state index is -3.00. The predicted molar refractivity (Wildman–Crippen MR) is 79.9 cm³/mol. The molecule has 0 aliphatic carbocycles. The molecule has 0 radical (unpaired) electrons. The van der Waals surface area contributed by atoms with Crippen LogP contribution >= 0.6 is 0 Å². The van der Waals surface area contributed by atoms with Gasteiger partial charge in [0, 0.05) is 25.0 Å². The standard InChI is InChI=1S/C13H20N4O3S/c1-9(2)5-14-13-15-6-10(7-16-13)12(18)17-11-3-4-21(19,20)8-11/h6-7,9,11H,3-5,8H2,1-2H3,(H,17,18)(H,14,15,16). The number of carbonyl (C=O) groups excluding carboxylic acids is 1. The molecule has 1 atom stereocenters. The number of hydrogen-bond acceptors (Lipinski definition) is 6. The Hall–Kier alpha value is -1.70. The van der Waals surface area contributed by atoms with Crippen molar-refractivity contribution < 1.29 is 13.2 Å². The molecule has 1 unspecified atom stereocenters. The molecule has 2 rings (SSSR count).